The van der Waals surface area contributed by atoms with Crippen molar-refractivity contribution in [3.8, 4) is 45.4 Å². The van der Waals surface area contributed by atoms with E-state index < -0.39 is 96.2 Å². The molecule has 15 heteroatoms. The zero-order valence-corrected chi connectivity index (χ0v) is 24.3. The first-order valence-corrected chi connectivity index (χ1v) is 14.5. The van der Waals surface area contributed by atoms with Gasteiger partial charge in [0.2, 0.25) is 5.43 Å². The maximum absolute atomic E-state index is 14.6. The number of rotatable bonds is 6. The van der Waals surface area contributed by atoms with Gasteiger partial charge in [0.1, 0.15) is 83.0 Å². The molecule has 2 saturated heterocycles. The van der Waals surface area contributed by atoms with E-state index in [9.17, 15) is 55.9 Å². The van der Waals surface area contributed by atoms with Crippen LogP contribution in [-0.4, -0.2) is 113 Å². The molecule has 47 heavy (non-hydrogen) atoms. The molecular formula is C32H32O15. The third-order valence-electron chi connectivity index (χ3n) is 8.34. The highest BCUT2D eigenvalue weighted by molar-refractivity contribution is 6.00. The maximum atomic E-state index is 14.6. The van der Waals surface area contributed by atoms with E-state index in [2.05, 4.69) is 0 Å². The van der Waals surface area contributed by atoms with Crippen LogP contribution in [0.3, 0.4) is 0 Å². The van der Waals surface area contributed by atoms with Gasteiger partial charge in [-0.05, 0) is 42.0 Å². The highest BCUT2D eigenvalue weighted by Crippen LogP contribution is 2.45. The van der Waals surface area contributed by atoms with Crippen molar-refractivity contribution in [1.29, 1.82) is 0 Å². The molecule has 0 spiro atoms. The summed E-state index contributed by atoms with van der Waals surface area (Å²) in [6, 6.07) is 11.8. The van der Waals surface area contributed by atoms with E-state index in [1.165, 1.54) is 48.5 Å². The smallest absolute Gasteiger partial charge is 0.203 e. The second-order valence-electron chi connectivity index (χ2n) is 11.4. The third-order valence-corrected chi connectivity index (χ3v) is 8.34. The number of phenolic OH excluding ortho intramolecular Hbond substituents is 4. The zero-order chi connectivity index (χ0) is 33.7. The summed E-state index contributed by atoms with van der Waals surface area (Å²) < 4.78 is 23.4. The van der Waals surface area contributed by atoms with Crippen molar-refractivity contribution >= 4 is 11.0 Å². The second kappa shape index (κ2) is 12.7. The van der Waals surface area contributed by atoms with E-state index in [0.717, 1.165) is 6.07 Å². The van der Waals surface area contributed by atoms with Gasteiger partial charge in [-0.15, -0.1) is 0 Å². The van der Waals surface area contributed by atoms with Crippen LogP contribution < -0.4 is 5.43 Å². The van der Waals surface area contributed by atoms with Crippen molar-refractivity contribution in [2.24, 2.45) is 0 Å². The van der Waals surface area contributed by atoms with Gasteiger partial charge < -0.3 is 69.7 Å². The van der Waals surface area contributed by atoms with Crippen LogP contribution in [0.15, 0.2) is 63.8 Å². The minimum absolute atomic E-state index is 0.0335. The van der Waals surface area contributed by atoms with E-state index in [4.69, 9.17) is 18.6 Å². The quantitative estimate of drug-likeness (QED) is 0.130. The predicted octanol–water partition coefficient (Wildman–Crippen LogP) is -0.0724. The first kappa shape index (κ1) is 32.6. The van der Waals surface area contributed by atoms with Crippen molar-refractivity contribution in [3.05, 3.63) is 70.4 Å². The van der Waals surface area contributed by atoms with Crippen molar-refractivity contribution in [2.45, 2.75) is 55.1 Å². The van der Waals surface area contributed by atoms with Crippen molar-refractivity contribution in [1.82, 2.24) is 0 Å². The number of ether oxygens (including phenoxy) is 3. The first-order valence-electron chi connectivity index (χ1n) is 14.5. The molecule has 0 saturated carbocycles. The van der Waals surface area contributed by atoms with Gasteiger partial charge in [-0.2, -0.15) is 0 Å². The van der Waals surface area contributed by atoms with Crippen LogP contribution in [0.5, 0.6) is 23.0 Å². The fraction of sp³-hybridized carbons (Fsp3) is 0.344. The zero-order valence-electron chi connectivity index (χ0n) is 24.3. The summed E-state index contributed by atoms with van der Waals surface area (Å²) >= 11 is 0. The molecule has 0 unspecified atom stereocenters. The minimum atomic E-state index is -1.91. The average Bonchev–Trinajstić information content (AvgIpc) is 3.04. The Morgan fingerprint density at radius 1 is 0.766 bits per heavy atom. The number of aliphatic hydroxyl groups is 6. The van der Waals surface area contributed by atoms with E-state index in [1.54, 1.807) is 0 Å². The largest absolute Gasteiger partial charge is 0.508 e. The van der Waals surface area contributed by atoms with Crippen LogP contribution in [0.25, 0.3) is 33.4 Å². The molecule has 1 aromatic heterocycles. The lowest BCUT2D eigenvalue weighted by molar-refractivity contribution is -0.325. The number of aromatic hydroxyl groups is 4. The van der Waals surface area contributed by atoms with Crippen molar-refractivity contribution < 1.29 is 69.7 Å². The lowest BCUT2D eigenvalue weighted by atomic mass is 9.88. The molecule has 2 fully saturated rings. The van der Waals surface area contributed by atoms with Crippen LogP contribution >= 0.6 is 0 Å². The SMILES string of the molecule is O=c1c([C@@H]2O[C@H](CO)[C@@H](O)[C@H](O)[C@H]2O[C@@H]2OC[C@@H](O)[C@H](O)[C@H]2O)c(-c2ccc(O)cc2)oc2c(-c3ccc(O)cc3)c(O)cc(O)c12. The van der Waals surface area contributed by atoms with Gasteiger partial charge in [0.15, 0.2) is 11.9 Å². The third kappa shape index (κ3) is 5.78. The summed E-state index contributed by atoms with van der Waals surface area (Å²) in [7, 11) is 0. The fourth-order valence-corrected chi connectivity index (χ4v) is 5.87. The molecule has 4 aromatic rings. The van der Waals surface area contributed by atoms with E-state index in [-0.39, 0.29) is 39.5 Å². The maximum Gasteiger partial charge on any atom is 0.203 e. The molecule has 0 bridgehead atoms. The lowest BCUT2D eigenvalue weighted by Crippen LogP contribution is -2.60. The molecule has 0 radical (unpaired) electrons. The molecule has 2 aliphatic heterocycles. The normalized spacial score (nSPS) is 29.6. The van der Waals surface area contributed by atoms with E-state index in [1.807, 2.05) is 0 Å². The Bertz CT molecular complexity index is 1810. The van der Waals surface area contributed by atoms with E-state index >= 15 is 0 Å². The molecule has 3 aromatic carbocycles. The molecule has 9 atom stereocenters. The summed E-state index contributed by atoms with van der Waals surface area (Å²) in [6.07, 6.45) is -15.4. The van der Waals surface area contributed by atoms with Crippen molar-refractivity contribution in [3.63, 3.8) is 0 Å². The molecule has 10 N–H and O–H groups in total. The lowest BCUT2D eigenvalue weighted by Gasteiger charge is -2.45. The molecule has 6 rings (SSSR count). The van der Waals surface area contributed by atoms with E-state index in [0.29, 0.717) is 0 Å². The Labute approximate surface area is 264 Å². The van der Waals surface area contributed by atoms with Crippen molar-refractivity contribution in [2.75, 3.05) is 13.2 Å². The van der Waals surface area contributed by atoms with Crippen LogP contribution in [-0.2, 0) is 14.2 Å². The summed E-state index contributed by atoms with van der Waals surface area (Å²) in [4.78, 5) is 14.6. The monoisotopic (exact) mass is 656 g/mol. The highest BCUT2D eigenvalue weighted by Gasteiger charge is 2.51. The van der Waals surface area contributed by atoms with Gasteiger partial charge in [0, 0.05) is 11.6 Å². The van der Waals surface area contributed by atoms with Crippen LogP contribution in [0.4, 0.5) is 0 Å². The van der Waals surface area contributed by atoms with Crippen LogP contribution in [0.1, 0.15) is 11.7 Å². The van der Waals surface area contributed by atoms with Gasteiger partial charge >= 0.3 is 0 Å². The Morgan fingerprint density at radius 3 is 2.00 bits per heavy atom. The minimum Gasteiger partial charge on any atom is -0.508 e. The molecule has 0 aliphatic carbocycles. The molecular weight excluding hydrogens is 624 g/mol. The Morgan fingerprint density at radius 2 is 1.38 bits per heavy atom. The summed E-state index contributed by atoms with van der Waals surface area (Å²) in [5.41, 5.74) is -1.23. The average molecular weight is 657 g/mol. The number of hydrogen-bond donors (Lipinski definition) is 10. The molecule has 15 nitrogen and oxygen atoms in total. The number of aliphatic hydroxyl groups excluding tert-OH is 6. The second-order valence-corrected chi connectivity index (χ2v) is 11.4. The number of hydrogen-bond acceptors (Lipinski definition) is 15. The molecule has 250 valence electrons. The Kier molecular flexibility index (Phi) is 8.84. The highest BCUT2D eigenvalue weighted by atomic mass is 16.7. The standard InChI is InChI=1S/C32H32O15/c33-10-19-24(40)26(42)31(47-32-27(43)23(39)18(38)11-44-32)30(45-19)22-25(41)21-17(37)9-16(36)20(12-1-5-14(34)6-2-12)29(21)46-28(22)13-3-7-15(35)8-4-13/h1-9,18-19,23-24,26-27,30-40,42-43H,10-11H2/t18-,19-,23+,24-,26+,27-,30+,31-,32+/m1/s1. The van der Waals surface area contributed by atoms with Crippen LogP contribution in [0.2, 0.25) is 0 Å². The molecule has 0 amide bonds. The van der Waals surface area contributed by atoms with Gasteiger partial charge in [-0.25, -0.2) is 0 Å². The molecule has 3 heterocycles. The van der Waals surface area contributed by atoms with Gasteiger partial charge in [-0.3, -0.25) is 4.79 Å². The topological polar surface area (TPSA) is 260 Å². The fourth-order valence-electron chi connectivity index (χ4n) is 5.87. The number of fused-ring (bicyclic) bond motifs is 1. The number of phenols is 4. The summed E-state index contributed by atoms with van der Waals surface area (Å²) in [6.45, 7) is -1.31. The number of benzene rings is 3. The van der Waals surface area contributed by atoms with Gasteiger partial charge in [0.05, 0.1) is 24.3 Å². The summed E-state index contributed by atoms with van der Waals surface area (Å²) in [5.74, 6) is -1.67. The van der Waals surface area contributed by atoms with Gasteiger partial charge in [0.25, 0.3) is 0 Å². The molecule has 2 aliphatic rings. The summed E-state index contributed by atoms with van der Waals surface area (Å²) in [5, 5.41) is 104. The Hall–Kier alpha value is -4.29. The Balaban J connectivity index is 1.61. The predicted molar refractivity (Wildman–Crippen MR) is 159 cm³/mol. The first-order chi connectivity index (χ1) is 22.4. The van der Waals surface area contributed by atoms with Gasteiger partial charge in [-0.1, -0.05) is 12.1 Å². The van der Waals surface area contributed by atoms with Crippen LogP contribution in [0, 0.1) is 0 Å².